The van der Waals surface area contributed by atoms with Crippen molar-refractivity contribution in [2.24, 2.45) is 0 Å². The summed E-state index contributed by atoms with van der Waals surface area (Å²) in [5.41, 5.74) is 1.72. The van der Waals surface area contributed by atoms with E-state index in [9.17, 15) is 4.79 Å². The van der Waals surface area contributed by atoms with Gasteiger partial charge in [0.05, 0.1) is 19.4 Å². The van der Waals surface area contributed by atoms with Crippen molar-refractivity contribution < 1.29 is 9.47 Å². The highest BCUT2D eigenvalue weighted by molar-refractivity contribution is 5.72. The Morgan fingerprint density at radius 2 is 2.04 bits per heavy atom. The van der Waals surface area contributed by atoms with Crippen LogP contribution < -0.4 is 15.7 Å². The molecule has 0 spiro atoms. The summed E-state index contributed by atoms with van der Waals surface area (Å²) in [5.74, 6) is 0.831. The SMILES string of the molecule is COc1ncccc1Nc1ncc2[nH]c(=O)n(C3CCC(OC)CC3)c2n1. The van der Waals surface area contributed by atoms with Crippen LogP contribution in [0.25, 0.3) is 11.2 Å². The lowest BCUT2D eigenvalue weighted by molar-refractivity contribution is 0.0585. The third kappa shape index (κ3) is 3.37. The standard InChI is InChI=1S/C18H22N6O3/c1-26-12-7-5-11(6-8-12)24-15-14(22-18(24)25)10-20-17(23-15)21-13-4-3-9-19-16(13)27-2/h3-4,9-12H,5-8H2,1-2H3,(H,22,25)(H,20,21,23). The van der Waals surface area contributed by atoms with Gasteiger partial charge in [-0.05, 0) is 37.8 Å². The lowest BCUT2D eigenvalue weighted by Crippen LogP contribution is -2.28. The van der Waals surface area contributed by atoms with Crippen LogP contribution in [0.5, 0.6) is 5.88 Å². The van der Waals surface area contributed by atoms with E-state index in [0.717, 1.165) is 25.7 Å². The Hall–Kier alpha value is -2.94. The third-order valence-electron chi connectivity index (χ3n) is 5.01. The molecule has 3 aromatic heterocycles. The molecule has 1 aliphatic rings. The molecule has 3 heterocycles. The van der Waals surface area contributed by atoms with Gasteiger partial charge in [0.25, 0.3) is 0 Å². The van der Waals surface area contributed by atoms with Gasteiger partial charge in [-0.2, -0.15) is 4.98 Å². The highest BCUT2D eigenvalue weighted by Crippen LogP contribution is 2.31. The van der Waals surface area contributed by atoms with Gasteiger partial charge in [0, 0.05) is 19.3 Å². The van der Waals surface area contributed by atoms with Gasteiger partial charge in [-0.1, -0.05) is 0 Å². The normalized spacial score (nSPS) is 19.9. The van der Waals surface area contributed by atoms with Gasteiger partial charge < -0.3 is 19.8 Å². The van der Waals surface area contributed by atoms with E-state index < -0.39 is 0 Å². The first kappa shape index (κ1) is 17.5. The Morgan fingerprint density at radius 3 is 2.78 bits per heavy atom. The molecule has 4 rings (SSSR count). The van der Waals surface area contributed by atoms with Crippen molar-refractivity contribution in [3.8, 4) is 5.88 Å². The second kappa shape index (κ2) is 7.36. The number of pyridine rings is 1. The fraction of sp³-hybridized carbons (Fsp3) is 0.444. The summed E-state index contributed by atoms with van der Waals surface area (Å²) >= 11 is 0. The first-order chi connectivity index (χ1) is 13.2. The van der Waals surface area contributed by atoms with Crippen LogP contribution in [-0.2, 0) is 4.74 Å². The lowest BCUT2D eigenvalue weighted by Gasteiger charge is -2.28. The predicted octanol–water partition coefficient (Wildman–Crippen LogP) is 2.40. The zero-order chi connectivity index (χ0) is 18.8. The molecule has 0 bridgehead atoms. The van der Waals surface area contributed by atoms with E-state index in [0.29, 0.717) is 28.7 Å². The number of anilines is 2. The number of hydrogen-bond acceptors (Lipinski definition) is 7. The number of nitrogens with one attached hydrogen (secondary N) is 2. The van der Waals surface area contributed by atoms with E-state index >= 15 is 0 Å². The highest BCUT2D eigenvalue weighted by atomic mass is 16.5. The van der Waals surface area contributed by atoms with Crippen molar-refractivity contribution in [2.45, 2.75) is 37.8 Å². The number of nitrogens with zero attached hydrogens (tertiary/aromatic N) is 4. The Bertz CT molecular complexity index is 990. The number of ether oxygens (including phenoxy) is 2. The largest absolute Gasteiger partial charge is 0.480 e. The van der Waals surface area contributed by atoms with Gasteiger partial charge in [-0.15, -0.1) is 0 Å². The number of rotatable bonds is 5. The summed E-state index contributed by atoms with van der Waals surface area (Å²) in [4.78, 5) is 28.4. The minimum atomic E-state index is -0.156. The van der Waals surface area contributed by atoms with E-state index in [2.05, 4.69) is 25.3 Å². The van der Waals surface area contributed by atoms with E-state index in [-0.39, 0.29) is 17.8 Å². The van der Waals surface area contributed by atoms with Crippen LogP contribution in [0.2, 0.25) is 0 Å². The van der Waals surface area contributed by atoms with Crippen molar-refractivity contribution in [3.05, 3.63) is 35.0 Å². The number of aromatic amines is 1. The molecular weight excluding hydrogens is 348 g/mol. The van der Waals surface area contributed by atoms with Crippen molar-refractivity contribution >= 4 is 22.8 Å². The van der Waals surface area contributed by atoms with Crippen molar-refractivity contribution in [2.75, 3.05) is 19.5 Å². The molecule has 0 amide bonds. The van der Waals surface area contributed by atoms with E-state index in [4.69, 9.17) is 9.47 Å². The molecule has 1 saturated carbocycles. The van der Waals surface area contributed by atoms with Crippen LogP contribution in [-0.4, -0.2) is 44.8 Å². The number of aromatic nitrogens is 5. The lowest BCUT2D eigenvalue weighted by atomic mass is 9.93. The molecule has 3 aromatic rings. The Labute approximate surface area is 155 Å². The summed E-state index contributed by atoms with van der Waals surface area (Å²) in [7, 11) is 3.29. The van der Waals surface area contributed by atoms with Crippen LogP contribution in [0.3, 0.4) is 0 Å². The summed E-state index contributed by atoms with van der Waals surface area (Å²) < 4.78 is 12.4. The van der Waals surface area contributed by atoms with Crippen LogP contribution >= 0.6 is 0 Å². The predicted molar refractivity (Wildman–Crippen MR) is 101 cm³/mol. The van der Waals surface area contributed by atoms with Crippen molar-refractivity contribution in [1.29, 1.82) is 0 Å². The van der Waals surface area contributed by atoms with Gasteiger partial charge in [0.2, 0.25) is 11.8 Å². The molecule has 0 saturated heterocycles. The molecule has 0 unspecified atom stereocenters. The van der Waals surface area contributed by atoms with Gasteiger partial charge in [-0.25, -0.2) is 14.8 Å². The Morgan fingerprint density at radius 1 is 1.22 bits per heavy atom. The molecule has 9 heteroatoms. The molecule has 142 valence electrons. The topological polar surface area (TPSA) is 107 Å². The summed E-state index contributed by atoms with van der Waals surface area (Å²) in [6.07, 6.45) is 7.17. The number of fused-ring (bicyclic) bond motifs is 1. The van der Waals surface area contributed by atoms with Crippen molar-refractivity contribution in [1.82, 2.24) is 24.5 Å². The van der Waals surface area contributed by atoms with Gasteiger partial charge in [0.15, 0.2) is 5.65 Å². The molecule has 2 N–H and O–H groups in total. The van der Waals surface area contributed by atoms with Gasteiger partial charge in [-0.3, -0.25) is 4.57 Å². The second-order valence-electron chi connectivity index (χ2n) is 6.58. The zero-order valence-corrected chi connectivity index (χ0v) is 15.3. The Balaban J connectivity index is 1.67. The maximum atomic E-state index is 12.5. The summed E-state index contributed by atoms with van der Waals surface area (Å²) in [6, 6.07) is 3.73. The zero-order valence-electron chi connectivity index (χ0n) is 15.3. The molecule has 1 aliphatic carbocycles. The second-order valence-corrected chi connectivity index (χ2v) is 6.58. The fourth-order valence-corrected chi connectivity index (χ4v) is 3.62. The fourth-order valence-electron chi connectivity index (χ4n) is 3.62. The summed E-state index contributed by atoms with van der Waals surface area (Å²) in [6.45, 7) is 0. The molecule has 9 nitrogen and oxygen atoms in total. The van der Waals surface area contributed by atoms with Crippen LogP contribution in [0.15, 0.2) is 29.3 Å². The molecule has 0 atom stereocenters. The minimum Gasteiger partial charge on any atom is -0.480 e. The number of methoxy groups -OCH3 is 2. The average molecular weight is 370 g/mol. The smallest absolute Gasteiger partial charge is 0.327 e. The minimum absolute atomic E-state index is 0.105. The summed E-state index contributed by atoms with van der Waals surface area (Å²) in [5, 5.41) is 3.11. The Kier molecular flexibility index (Phi) is 4.76. The van der Waals surface area contributed by atoms with E-state index in [1.807, 2.05) is 6.07 Å². The average Bonchev–Trinajstić information content (AvgIpc) is 3.03. The van der Waals surface area contributed by atoms with E-state index in [1.165, 1.54) is 0 Å². The van der Waals surface area contributed by atoms with Crippen LogP contribution in [0.4, 0.5) is 11.6 Å². The van der Waals surface area contributed by atoms with E-state index in [1.54, 1.807) is 37.2 Å². The quantitative estimate of drug-likeness (QED) is 0.710. The van der Waals surface area contributed by atoms with Gasteiger partial charge >= 0.3 is 5.69 Å². The van der Waals surface area contributed by atoms with Crippen LogP contribution in [0, 0.1) is 0 Å². The first-order valence-electron chi connectivity index (χ1n) is 8.95. The number of hydrogen-bond donors (Lipinski definition) is 2. The molecule has 0 aromatic carbocycles. The maximum Gasteiger partial charge on any atom is 0.327 e. The highest BCUT2D eigenvalue weighted by Gasteiger charge is 2.25. The van der Waals surface area contributed by atoms with Crippen LogP contribution in [0.1, 0.15) is 31.7 Å². The molecule has 0 aliphatic heterocycles. The first-order valence-corrected chi connectivity index (χ1v) is 8.95. The molecule has 27 heavy (non-hydrogen) atoms. The molecule has 0 radical (unpaired) electrons. The maximum absolute atomic E-state index is 12.5. The van der Waals surface area contributed by atoms with Crippen molar-refractivity contribution in [3.63, 3.8) is 0 Å². The van der Waals surface area contributed by atoms with Gasteiger partial charge in [0.1, 0.15) is 11.2 Å². The molecule has 1 fully saturated rings. The monoisotopic (exact) mass is 370 g/mol. The third-order valence-corrected chi connectivity index (χ3v) is 5.01. The number of imidazole rings is 1. The molecular formula is C18H22N6O3. The number of H-pyrrole nitrogens is 1.